The molecule has 0 unspecified atom stereocenters. The average Bonchev–Trinajstić information content (AvgIpc) is 2.78. The summed E-state index contributed by atoms with van der Waals surface area (Å²) in [6, 6.07) is 4.45. The van der Waals surface area contributed by atoms with Crippen molar-refractivity contribution in [2.24, 2.45) is 0 Å². The van der Waals surface area contributed by atoms with Gasteiger partial charge in [0.2, 0.25) is 6.39 Å². The summed E-state index contributed by atoms with van der Waals surface area (Å²) in [5.41, 5.74) is 5.29. The number of hydrogen-bond acceptors (Lipinski definition) is 4. The van der Waals surface area contributed by atoms with E-state index in [-0.39, 0.29) is 0 Å². The molecule has 0 radical (unpaired) electrons. The second-order valence-electron chi connectivity index (χ2n) is 4.31. The van der Waals surface area contributed by atoms with Gasteiger partial charge in [-0.05, 0) is 43.0 Å². The molecule has 1 heterocycles. The van der Waals surface area contributed by atoms with Gasteiger partial charge in [0.1, 0.15) is 0 Å². The van der Waals surface area contributed by atoms with Crippen molar-refractivity contribution in [3.05, 3.63) is 46.6 Å². The molecular weight excluding hydrogens is 214 g/mol. The molecule has 4 nitrogen and oxygen atoms in total. The quantitative estimate of drug-likeness (QED) is 0.877. The maximum atomic E-state index is 4.67. The van der Waals surface area contributed by atoms with E-state index in [4.69, 9.17) is 0 Å². The zero-order valence-electron chi connectivity index (χ0n) is 10.4. The van der Waals surface area contributed by atoms with Crippen LogP contribution < -0.4 is 5.32 Å². The molecule has 2 rings (SSSR count). The first-order valence-corrected chi connectivity index (χ1v) is 5.69. The fourth-order valence-corrected chi connectivity index (χ4v) is 1.79. The average molecular weight is 231 g/mol. The second kappa shape index (κ2) is 5.10. The van der Waals surface area contributed by atoms with E-state index in [0.717, 1.165) is 6.54 Å². The third-order valence-corrected chi connectivity index (χ3v) is 2.96. The molecule has 1 aromatic carbocycles. The van der Waals surface area contributed by atoms with E-state index in [1.54, 1.807) is 0 Å². The van der Waals surface area contributed by atoms with E-state index in [0.29, 0.717) is 12.4 Å². The molecule has 0 atom stereocenters. The lowest BCUT2D eigenvalue weighted by Crippen LogP contribution is -2.14. The molecule has 0 fully saturated rings. The van der Waals surface area contributed by atoms with Crippen molar-refractivity contribution in [1.29, 1.82) is 0 Å². The summed E-state index contributed by atoms with van der Waals surface area (Å²) in [5.74, 6) is 0.687. The molecule has 0 spiro atoms. The fourth-order valence-electron chi connectivity index (χ4n) is 1.79. The molecule has 0 bridgehead atoms. The molecule has 0 aliphatic carbocycles. The van der Waals surface area contributed by atoms with Crippen molar-refractivity contribution >= 4 is 0 Å². The van der Waals surface area contributed by atoms with Crippen LogP contribution in [0.4, 0.5) is 0 Å². The van der Waals surface area contributed by atoms with Crippen molar-refractivity contribution in [1.82, 2.24) is 15.5 Å². The summed E-state index contributed by atoms with van der Waals surface area (Å²) in [4.78, 5) is 3.96. The highest BCUT2D eigenvalue weighted by Gasteiger charge is 2.03. The largest absolute Gasteiger partial charge is 0.343 e. The number of nitrogens with one attached hydrogen (secondary N) is 1. The van der Waals surface area contributed by atoms with Gasteiger partial charge in [-0.2, -0.15) is 4.98 Å². The smallest absolute Gasteiger partial charge is 0.213 e. The predicted molar refractivity (Wildman–Crippen MR) is 65.5 cm³/mol. The lowest BCUT2D eigenvalue weighted by atomic mass is 10.0. The van der Waals surface area contributed by atoms with Crippen LogP contribution in [0.15, 0.2) is 23.0 Å². The minimum absolute atomic E-state index is 0.628. The molecular formula is C13H17N3O. The maximum absolute atomic E-state index is 4.67. The van der Waals surface area contributed by atoms with Crippen molar-refractivity contribution in [3.63, 3.8) is 0 Å². The van der Waals surface area contributed by atoms with Crippen molar-refractivity contribution in [2.75, 3.05) is 0 Å². The molecule has 0 amide bonds. The summed E-state index contributed by atoms with van der Waals surface area (Å²) in [5, 5.41) is 7.06. The number of aromatic nitrogens is 2. The molecule has 0 saturated heterocycles. The van der Waals surface area contributed by atoms with Gasteiger partial charge in [0.25, 0.3) is 0 Å². The van der Waals surface area contributed by atoms with Crippen LogP contribution in [0.1, 0.15) is 28.1 Å². The van der Waals surface area contributed by atoms with Gasteiger partial charge in [-0.1, -0.05) is 17.3 Å². The van der Waals surface area contributed by atoms with Gasteiger partial charge in [0, 0.05) is 6.54 Å². The molecule has 0 aliphatic rings. The normalized spacial score (nSPS) is 10.8. The molecule has 0 aliphatic heterocycles. The Kier molecular flexibility index (Phi) is 3.54. The number of benzene rings is 1. The third-order valence-electron chi connectivity index (χ3n) is 2.96. The molecule has 4 heteroatoms. The Hall–Kier alpha value is -1.68. The van der Waals surface area contributed by atoms with Gasteiger partial charge in [-0.15, -0.1) is 0 Å². The first kappa shape index (κ1) is 11.8. The Morgan fingerprint density at radius 3 is 2.53 bits per heavy atom. The Morgan fingerprint density at radius 2 is 1.82 bits per heavy atom. The molecule has 1 N–H and O–H groups in total. The van der Waals surface area contributed by atoms with Gasteiger partial charge in [0.05, 0.1) is 6.54 Å². The Bertz CT molecular complexity index is 492. The summed E-state index contributed by atoms with van der Waals surface area (Å²) >= 11 is 0. The predicted octanol–water partition coefficient (Wildman–Crippen LogP) is 2.28. The van der Waals surface area contributed by atoms with E-state index in [2.05, 4.69) is 52.9 Å². The summed E-state index contributed by atoms with van der Waals surface area (Å²) in [7, 11) is 0. The van der Waals surface area contributed by atoms with Gasteiger partial charge in [-0.25, -0.2) is 0 Å². The Balaban J connectivity index is 1.97. The van der Waals surface area contributed by atoms with Crippen LogP contribution in [-0.2, 0) is 13.1 Å². The highest BCUT2D eigenvalue weighted by molar-refractivity contribution is 5.36. The zero-order valence-corrected chi connectivity index (χ0v) is 10.4. The van der Waals surface area contributed by atoms with Crippen molar-refractivity contribution in [3.8, 4) is 0 Å². The van der Waals surface area contributed by atoms with E-state index >= 15 is 0 Å². The minimum atomic E-state index is 0.628. The van der Waals surface area contributed by atoms with Crippen LogP contribution in [-0.4, -0.2) is 10.1 Å². The first-order chi connectivity index (χ1) is 8.16. The molecule has 2 aromatic rings. The number of hydrogen-bond donors (Lipinski definition) is 1. The van der Waals surface area contributed by atoms with E-state index in [1.807, 2.05) is 0 Å². The SMILES string of the molecule is Cc1cc(C)c(CNCc2ncon2)cc1C. The Labute approximate surface area is 101 Å². The minimum Gasteiger partial charge on any atom is -0.343 e. The summed E-state index contributed by atoms with van der Waals surface area (Å²) in [6.07, 6.45) is 1.35. The Morgan fingerprint density at radius 1 is 1.06 bits per heavy atom. The van der Waals surface area contributed by atoms with E-state index in [1.165, 1.54) is 28.6 Å². The monoisotopic (exact) mass is 231 g/mol. The number of aryl methyl sites for hydroxylation is 3. The van der Waals surface area contributed by atoms with Crippen LogP contribution in [0.3, 0.4) is 0 Å². The first-order valence-electron chi connectivity index (χ1n) is 5.69. The van der Waals surface area contributed by atoms with Crippen LogP contribution in [0.5, 0.6) is 0 Å². The fraction of sp³-hybridized carbons (Fsp3) is 0.385. The molecule has 1 aromatic heterocycles. The highest BCUT2D eigenvalue weighted by Crippen LogP contribution is 2.15. The van der Waals surface area contributed by atoms with Gasteiger partial charge < -0.3 is 9.84 Å². The molecule has 90 valence electrons. The topological polar surface area (TPSA) is 51.0 Å². The third kappa shape index (κ3) is 2.91. The van der Waals surface area contributed by atoms with Crippen LogP contribution in [0, 0.1) is 20.8 Å². The zero-order chi connectivity index (χ0) is 12.3. The van der Waals surface area contributed by atoms with Crippen LogP contribution in [0.2, 0.25) is 0 Å². The van der Waals surface area contributed by atoms with Crippen LogP contribution >= 0.6 is 0 Å². The van der Waals surface area contributed by atoms with Crippen molar-refractivity contribution < 1.29 is 4.52 Å². The number of nitrogens with zero attached hydrogens (tertiary/aromatic N) is 2. The lowest BCUT2D eigenvalue weighted by molar-refractivity contribution is 0.407. The van der Waals surface area contributed by atoms with E-state index in [9.17, 15) is 0 Å². The van der Waals surface area contributed by atoms with Gasteiger partial charge in [-0.3, -0.25) is 0 Å². The van der Waals surface area contributed by atoms with Gasteiger partial charge in [0.15, 0.2) is 5.82 Å². The number of rotatable bonds is 4. The van der Waals surface area contributed by atoms with Gasteiger partial charge >= 0.3 is 0 Å². The van der Waals surface area contributed by atoms with E-state index < -0.39 is 0 Å². The molecule has 0 saturated carbocycles. The molecule has 17 heavy (non-hydrogen) atoms. The van der Waals surface area contributed by atoms with Crippen LogP contribution in [0.25, 0.3) is 0 Å². The maximum Gasteiger partial charge on any atom is 0.213 e. The summed E-state index contributed by atoms with van der Waals surface area (Å²) in [6.45, 7) is 7.86. The standard InChI is InChI=1S/C13H17N3O/c1-9-4-11(3)12(5-10(9)2)6-14-7-13-15-8-17-16-13/h4-5,8,14H,6-7H2,1-3H3. The lowest BCUT2D eigenvalue weighted by Gasteiger charge is -2.10. The summed E-state index contributed by atoms with van der Waals surface area (Å²) < 4.78 is 4.67. The highest BCUT2D eigenvalue weighted by atomic mass is 16.5. The second-order valence-corrected chi connectivity index (χ2v) is 4.31. The van der Waals surface area contributed by atoms with Crippen molar-refractivity contribution in [2.45, 2.75) is 33.9 Å².